The summed E-state index contributed by atoms with van der Waals surface area (Å²) in [5, 5.41) is 8.99. The van der Waals surface area contributed by atoms with Crippen molar-refractivity contribution < 1.29 is 12.8 Å². The Bertz CT molecular complexity index is 785. The van der Waals surface area contributed by atoms with Crippen LogP contribution in [0.25, 0.3) is 0 Å². The van der Waals surface area contributed by atoms with Crippen LogP contribution in [-0.2, 0) is 10.0 Å². The number of rotatable bonds is 3. The number of benzene rings is 1. The monoisotopic (exact) mass is 311 g/mol. The Hall–Kier alpha value is -2.17. The number of hydrogen-bond acceptors (Lipinski definition) is 4. The Morgan fingerprint density at radius 2 is 2.05 bits per heavy atom. The number of pyridine rings is 1. The summed E-state index contributed by atoms with van der Waals surface area (Å²) in [6.07, 6.45) is 1.07. The van der Waals surface area contributed by atoms with Gasteiger partial charge in [-0.1, -0.05) is 17.7 Å². The van der Waals surface area contributed by atoms with Crippen LogP contribution in [0.4, 0.5) is 10.1 Å². The molecule has 0 saturated carbocycles. The van der Waals surface area contributed by atoms with Gasteiger partial charge in [-0.3, -0.25) is 4.72 Å². The van der Waals surface area contributed by atoms with Gasteiger partial charge in [0.05, 0.1) is 5.69 Å². The highest BCUT2D eigenvalue weighted by atomic mass is 35.5. The Morgan fingerprint density at radius 3 is 2.65 bits per heavy atom. The standard InChI is InChI=1S/C12H7ClFN3O2S/c13-12-5-4-8(7-16-12)20(18,19)17-11-3-1-2-10(14)9(11)6-15/h1-5,7,17H. The molecule has 8 heteroatoms. The predicted octanol–water partition coefficient (Wildman–Crippen LogP) is 2.55. The first kappa shape index (κ1) is 14.2. The fourth-order valence-corrected chi connectivity index (χ4v) is 2.58. The summed E-state index contributed by atoms with van der Waals surface area (Å²) in [5.41, 5.74) is -0.513. The third-order valence-electron chi connectivity index (χ3n) is 2.38. The molecule has 0 fully saturated rings. The third kappa shape index (κ3) is 2.87. The van der Waals surface area contributed by atoms with Gasteiger partial charge >= 0.3 is 0 Å². The Morgan fingerprint density at radius 1 is 1.30 bits per heavy atom. The van der Waals surface area contributed by atoms with Crippen LogP contribution in [0.15, 0.2) is 41.4 Å². The summed E-state index contributed by atoms with van der Waals surface area (Å²) in [6.45, 7) is 0. The Balaban J connectivity index is 2.42. The average molecular weight is 312 g/mol. The number of nitriles is 1. The van der Waals surface area contributed by atoms with Crippen molar-refractivity contribution in [3.8, 4) is 6.07 Å². The molecule has 0 aliphatic heterocycles. The molecule has 2 rings (SSSR count). The van der Waals surface area contributed by atoms with Crippen molar-refractivity contribution in [2.75, 3.05) is 4.72 Å². The SMILES string of the molecule is N#Cc1c(F)cccc1NS(=O)(=O)c1ccc(Cl)nc1. The lowest BCUT2D eigenvalue weighted by Gasteiger charge is -2.09. The van der Waals surface area contributed by atoms with Crippen molar-refractivity contribution in [2.24, 2.45) is 0 Å². The van der Waals surface area contributed by atoms with E-state index in [1.165, 1.54) is 24.3 Å². The van der Waals surface area contributed by atoms with Crippen LogP contribution in [0, 0.1) is 17.1 Å². The summed E-state index contributed by atoms with van der Waals surface area (Å²) in [4.78, 5) is 3.51. The molecule has 0 spiro atoms. The first-order chi connectivity index (χ1) is 9.44. The van der Waals surface area contributed by atoms with E-state index < -0.39 is 15.8 Å². The van der Waals surface area contributed by atoms with Gasteiger partial charge in [0.1, 0.15) is 27.5 Å². The zero-order valence-corrected chi connectivity index (χ0v) is 11.4. The van der Waals surface area contributed by atoms with Crippen molar-refractivity contribution in [1.29, 1.82) is 5.26 Å². The normalized spacial score (nSPS) is 10.8. The molecule has 0 unspecified atom stereocenters. The van der Waals surface area contributed by atoms with E-state index in [4.69, 9.17) is 16.9 Å². The molecule has 0 bridgehead atoms. The van der Waals surface area contributed by atoms with E-state index in [0.29, 0.717) is 0 Å². The quantitative estimate of drug-likeness (QED) is 0.883. The molecule has 1 heterocycles. The van der Waals surface area contributed by atoms with Crippen molar-refractivity contribution in [3.05, 3.63) is 53.1 Å². The molecule has 0 saturated heterocycles. The second-order valence-electron chi connectivity index (χ2n) is 3.70. The molecule has 0 amide bonds. The average Bonchev–Trinajstić information content (AvgIpc) is 2.39. The molecule has 2 aromatic rings. The molecule has 1 aromatic heterocycles. The summed E-state index contributed by atoms with van der Waals surface area (Å²) >= 11 is 5.57. The van der Waals surface area contributed by atoms with E-state index in [0.717, 1.165) is 12.3 Å². The molecule has 5 nitrogen and oxygen atoms in total. The molecule has 20 heavy (non-hydrogen) atoms. The maximum Gasteiger partial charge on any atom is 0.263 e. The van der Waals surface area contributed by atoms with Gasteiger partial charge in [0.15, 0.2) is 0 Å². The minimum Gasteiger partial charge on any atom is -0.278 e. The van der Waals surface area contributed by atoms with E-state index in [9.17, 15) is 12.8 Å². The molecule has 0 aliphatic rings. The summed E-state index contributed by atoms with van der Waals surface area (Å²) in [6, 6.07) is 7.84. The number of hydrogen-bond donors (Lipinski definition) is 1. The van der Waals surface area contributed by atoms with Crippen molar-refractivity contribution >= 4 is 27.3 Å². The largest absolute Gasteiger partial charge is 0.278 e. The smallest absolute Gasteiger partial charge is 0.263 e. The molecule has 1 aromatic carbocycles. The van der Waals surface area contributed by atoms with Crippen LogP contribution < -0.4 is 4.72 Å². The van der Waals surface area contributed by atoms with Crippen LogP contribution in [0.5, 0.6) is 0 Å². The lowest BCUT2D eigenvalue weighted by atomic mass is 10.2. The Labute approximate surface area is 119 Å². The van der Waals surface area contributed by atoms with Crippen molar-refractivity contribution in [2.45, 2.75) is 4.90 Å². The molecular formula is C12H7ClFN3O2S. The second kappa shape index (κ2) is 5.45. The van der Waals surface area contributed by atoms with Gasteiger partial charge < -0.3 is 0 Å². The second-order valence-corrected chi connectivity index (χ2v) is 5.77. The summed E-state index contributed by atoms with van der Waals surface area (Å²) in [7, 11) is -3.97. The summed E-state index contributed by atoms with van der Waals surface area (Å²) < 4.78 is 39.7. The number of halogens is 2. The molecule has 1 N–H and O–H groups in total. The highest BCUT2D eigenvalue weighted by Crippen LogP contribution is 2.21. The molecule has 102 valence electrons. The number of sulfonamides is 1. The van der Waals surface area contributed by atoms with E-state index in [-0.39, 0.29) is 21.3 Å². The number of nitrogens with zero attached hydrogens (tertiary/aromatic N) is 2. The van der Waals surface area contributed by atoms with E-state index in [2.05, 4.69) is 9.71 Å². The van der Waals surface area contributed by atoms with E-state index in [1.807, 2.05) is 0 Å². The minimum atomic E-state index is -3.97. The van der Waals surface area contributed by atoms with Gasteiger partial charge in [-0.25, -0.2) is 17.8 Å². The third-order valence-corrected chi connectivity index (χ3v) is 3.95. The minimum absolute atomic E-state index is 0.137. The lowest BCUT2D eigenvalue weighted by Crippen LogP contribution is -2.14. The van der Waals surface area contributed by atoms with Gasteiger partial charge in [0, 0.05) is 6.20 Å². The van der Waals surface area contributed by atoms with Gasteiger partial charge in [0.25, 0.3) is 10.0 Å². The zero-order valence-electron chi connectivity index (χ0n) is 9.84. The first-order valence-corrected chi connectivity index (χ1v) is 7.13. The molecule has 0 atom stereocenters. The fourth-order valence-electron chi connectivity index (χ4n) is 1.45. The maximum absolute atomic E-state index is 13.4. The number of nitrogens with one attached hydrogen (secondary N) is 1. The van der Waals surface area contributed by atoms with Gasteiger partial charge in [0.2, 0.25) is 0 Å². The van der Waals surface area contributed by atoms with Crippen LogP contribution in [-0.4, -0.2) is 13.4 Å². The highest BCUT2D eigenvalue weighted by molar-refractivity contribution is 7.92. The summed E-state index contributed by atoms with van der Waals surface area (Å²) in [5.74, 6) is -0.804. The van der Waals surface area contributed by atoms with Crippen molar-refractivity contribution in [1.82, 2.24) is 4.98 Å². The number of aromatic nitrogens is 1. The Kier molecular flexibility index (Phi) is 3.88. The van der Waals surface area contributed by atoms with Gasteiger partial charge in [-0.05, 0) is 24.3 Å². The van der Waals surface area contributed by atoms with Crippen LogP contribution in [0.2, 0.25) is 5.15 Å². The molecule has 0 radical (unpaired) electrons. The van der Waals surface area contributed by atoms with E-state index >= 15 is 0 Å². The first-order valence-electron chi connectivity index (χ1n) is 5.27. The van der Waals surface area contributed by atoms with Crippen molar-refractivity contribution in [3.63, 3.8) is 0 Å². The fraction of sp³-hybridized carbons (Fsp3) is 0. The van der Waals surface area contributed by atoms with Crippen LogP contribution in [0.3, 0.4) is 0 Å². The molecular weight excluding hydrogens is 305 g/mol. The zero-order chi connectivity index (χ0) is 14.8. The topological polar surface area (TPSA) is 82.9 Å². The molecule has 0 aliphatic carbocycles. The van der Waals surface area contributed by atoms with Crippen LogP contribution >= 0.6 is 11.6 Å². The lowest BCUT2D eigenvalue weighted by molar-refractivity contribution is 0.600. The highest BCUT2D eigenvalue weighted by Gasteiger charge is 2.18. The maximum atomic E-state index is 13.4. The van der Waals surface area contributed by atoms with Gasteiger partial charge in [-0.15, -0.1) is 0 Å². The number of anilines is 1. The predicted molar refractivity (Wildman–Crippen MR) is 71.2 cm³/mol. The van der Waals surface area contributed by atoms with Crippen LogP contribution in [0.1, 0.15) is 5.56 Å². The van der Waals surface area contributed by atoms with Gasteiger partial charge in [-0.2, -0.15) is 5.26 Å². The van der Waals surface area contributed by atoms with E-state index in [1.54, 1.807) is 6.07 Å².